The van der Waals surface area contributed by atoms with Crippen molar-refractivity contribution in [1.82, 2.24) is 9.13 Å². The molecule has 0 aliphatic rings. The first kappa shape index (κ1) is 31.5. The molecule has 0 spiro atoms. The quantitative estimate of drug-likeness (QED) is 0.186. The number of para-hydroxylation sites is 2. The Morgan fingerprint density at radius 1 is 0.520 bits per heavy atom. The van der Waals surface area contributed by atoms with E-state index in [2.05, 4.69) is 107 Å². The van der Waals surface area contributed by atoms with Gasteiger partial charge in [-0.2, -0.15) is 5.26 Å². The van der Waals surface area contributed by atoms with Crippen LogP contribution in [-0.4, -0.2) is 9.13 Å². The molecule has 0 aliphatic heterocycles. The summed E-state index contributed by atoms with van der Waals surface area (Å²) in [6.45, 7) is 13.0. The number of hydrogen-bond donors (Lipinski definition) is 0. The fourth-order valence-electron chi connectivity index (χ4n) is 7.44. The molecule has 0 aliphatic carbocycles. The Hall–Kier alpha value is -5.73. The number of rotatable bonds is 3. The van der Waals surface area contributed by atoms with Gasteiger partial charge in [-0.3, -0.25) is 0 Å². The van der Waals surface area contributed by atoms with E-state index in [1.54, 1.807) is 6.07 Å². The van der Waals surface area contributed by atoms with Crippen molar-refractivity contribution in [2.24, 2.45) is 0 Å². The summed E-state index contributed by atoms with van der Waals surface area (Å²) in [5, 5.41) is 15.4. The maximum Gasteiger partial charge on any atom is 0.134 e. The Morgan fingerprint density at radius 3 is 1.52 bits per heavy atom. The molecule has 50 heavy (non-hydrogen) atoms. The molecule has 0 bridgehead atoms. The van der Waals surface area contributed by atoms with Gasteiger partial charge >= 0.3 is 0 Å². The van der Waals surface area contributed by atoms with Crippen LogP contribution in [0.2, 0.25) is 0 Å². The van der Waals surface area contributed by atoms with Crippen LogP contribution in [0.4, 0.5) is 8.78 Å². The highest BCUT2D eigenvalue weighted by molar-refractivity contribution is 6.12. The summed E-state index contributed by atoms with van der Waals surface area (Å²) in [5.74, 6) is -1.38. The fraction of sp³-hybridized carbons (Fsp3) is 0.178. The van der Waals surface area contributed by atoms with E-state index in [1.165, 1.54) is 18.2 Å². The van der Waals surface area contributed by atoms with Crippen LogP contribution in [0.3, 0.4) is 0 Å². The van der Waals surface area contributed by atoms with Gasteiger partial charge in [0.25, 0.3) is 0 Å². The molecule has 0 fully saturated rings. The van der Waals surface area contributed by atoms with Crippen LogP contribution in [0.25, 0.3) is 66.1 Å². The smallest absolute Gasteiger partial charge is 0.134 e. The van der Waals surface area contributed by atoms with Gasteiger partial charge in [0.1, 0.15) is 23.3 Å². The molecule has 0 radical (unpaired) electrons. The van der Waals surface area contributed by atoms with Crippen LogP contribution in [-0.2, 0) is 10.8 Å². The minimum Gasteiger partial charge on any atom is -0.308 e. The van der Waals surface area contributed by atoms with Gasteiger partial charge in [-0.1, -0.05) is 108 Å². The van der Waals surface area contributed by atoms with Crippen LogP contribution in [0, 0.1) is 23.0 Å². The van der Waals surface area contributed by atoms with Gasteiger partial charge in [0, 0.05) is 27.1 Å². The zero-order valence-electron chi connectivity index (χ0n) is 29.1. The molecule has 246 valence electrons. The van der Waals surface area contributed by atoms with Gasteiger partial charge in [0.2, 0.25) is 0 Å². The van der Waals surface area contributed by atoms with E-state index in [-0.39, 0.29) is 16.4 Å². The molecular weight excluding hydrogens is 621 g/mol. The standard InChI is InChI=1S/C45H37F2N3/c1-44(2,3)27-18-20-31-29-12-7-9-16-37(29)49(40(31)24-27)39-23-22-33(42-35(46)14-11-15-36(42)47)43(34(39)26-48)50-38-17-10-8-13-30(38)32-21-19-28(25-41(32)50)45(4,5)6/h7-25H,1-6H3. The summed E-state index contributed by atoms with van der Waals surface area (Å²) >= 11 is 0. The number of benzene rings is 6. The second-order valence-electron chi connectivity index (χ2n) is 15.2. The minimum atomic E-state index is -0.689. The van der Waals surface area contributed by atoms with Gasteiger partial charge in [-0.25, -0.2) is 8.78 Å². The molecule has 2 aromatic heterocycles. The lowest BCUT2D eigenvalue weighted by Gasteiger charge is -2.22. The van der Waals surface area contributed by atoms with Crippen LogP contribution in [0.5, 0.6) is 0 Å². The molecule has 0 N–H and O–H groups in total. The molecule has 2 heterocycles. The summed E-state index contributed by atoms with van der Waals surface area (Å²) in [7, 11) is 0. The Kier molecular flexibility index (Phi) is 7.03. The molecule has 8 rings (SSSR count). The second kappa shape index (κ2) is 11.1. The summed E-state index contributed by atoms with van der Waals surface area (Å²) in [6.07, 6.45) is 0. The number of hydrogen-bond acceptors (Lipinski definition) is 1. The lowest BCUT2D eigenvalue weighted by molar-refractivity contribution is 0.589. The van der Waals surface area contributed by atoms with Crippen LogP contribution >= 0.6 is 0 Å². The number of nitriles is 1. The number of nitrogens with zero attached hydrogens (tertiary/aromatic N) is 3. The average molecular weight is 658 g/mol. The maximum absolute atomic E-state index is 15.9. The highest BCUT2D eigenvalue weighted by atomic mass is 19.1. The summed E-state index contributed by atoms with van der Waals surface area (Å²) < 4.78 is 35.9. The lowest BCUT2D eigenvalue weighted by atomic mass is 9.86. The SMILES string of the molecule is CC(C)(C)c1ccc2c3ccccc3n(-c3ccc(-c4c(F)cccc4F)c(-n4c5ccccc5c5ccc(C(C)(C)C)cc54)c3C#N)c2c1. The largest absolute Gasteiger partial charge is 0.308 e. The second-order valence-corrected chi connectivity index (χ2v) is 15.2. The van der Waals surface area contributed by atoms with E-state index >= 15 is 8.78 Å². The molecule has 0 atom stereocenters. The molecule has 0 unspecified atom stereocenters. The molecule has 0 saturated heterocycles. The summed E-state index contributed by atoms with van der Waals surface area (Å²) in [5.41, 5.74) is 7.14. The highest BCUT2D eigenvalue weighted by Crippen LogP contribution is 2.44. The van der Waals surface area contributed by atoms with Crippen molar-refractivity contribution in [3.8, 4) is 28.6 Å². The van der Waals surface area contributed by atoms with E-state index in [0.29, 0.717) is 22.5 Å². The Morgan fingerprint density at radius 2 is 1.00 bits per heavy atom. The van der Waals surface area contributed by atoms with Gasteiger partial charge in [-0.05, 0) is 70.5 Å². The van der Waals surface area contributed by atoms with Crippen molar-refractivity contribution in [3.05, 3.63) is 144 Å². The minimum absolute atomic E-state index is 0.112. The number of aromatic nitrogens is 2. The first-order chi connectivity index (χ1) is 23.9. The molecule has 0 saturated carbocycles. The van der Waals surface area contributed by atoms with Crippen molar-refractivity contribution in [1.29, 1.82) is 5.26 Å². The highest BCUT2D eigenvalue weighted by Gasteiger charge is 2.27. The Labute approximate surface area is 290 Å². The van der Waals surface area contributed by atoms with E-state index in [1.807, 2.05) is 41.0 Å². The maximum atomic E-state index is 15.9. The normalized spacial score (nSPS) is 12.4. The zero-order valence-corrected chi connectivity index (χ0v) is 29.1. The number of halogens is 2. The molecule has 0 amide bonds. The van der Waals surface area contributed by atoms with Gasteiger partial charge < -0.3 is 9.13 Å². The molecule has 3 nitrogen and oxygen atoms in total. The topological polar surface area (TPSA) is 33.6 Å². The van der Waals surface area contributed by atoms with Crippen molar-refractivity contribution in [2.45, 2.75) is 52.4 Å². The van der Waals surface area contributed by atoms with Crippen LogP contribution in [0.1, 0.15) is 58.2 Å². The van der Waals surface area contributed by atoms with Crippen molar-refractivity contribution >= 4 is 43.6 Å². The van der Waals surface area contributed by atoms with Gasteiger partial charge in [0.05, 0.1) is 39.0 Å². The number of fused-ring (bicyclic) bond motifs is 6. The van der Waals surface area contributed by atoms with Crippen molar-refractivity contribution in [3.63, 3.8) is 0 Å². The van der Waals surface area contributed by atoms with E-state index in [4.69, 9.17) is 0 Å². The first-order valence-corrected chi connectivity index (χ1v) is 17.0. The molecule has 5 heteroatoms. The van der Waals surface area contributed by atoms with E-state index in [0.717, 1.165) is 54.7 Å². The third kappa shape index (κ3) is 4.74. The van der Waals surface area contributed by atoms with Crippen LogP contribution in [0.15, 0.2) is 115 Å². The summed E-state index contributed by atoms with van der Waals surface area (Å²) in [4.78, 5) is 0. The van der Waals surface area contributed by atoms with Gasteiger partial charge in [0.15, 0.2) is 0 Å². The molecule has 6 aromatic carbocycles. The van der Waals surface area contributed by atoms with Crippen LogP contribution < -0.4 is 0 Å². The Balaban J connectivity index is 1.59. The average Bonchev–Trinajstić information content (AvgIpc) is 3.59. The Bertz CT molecular complexity index is 2690. The monoisotopic (exact) mass is 657 g/mol. The predicted molar refractivity (Wildman–Crippen MR) is 203 cm³/mol. The zero-order chi connectivity index (χ0) is 35.1. The van der Waals surface area contributed by atoms with Gasteiger partial charge in [-0.15, -0.1) is 0 Å². The van der Waals surface area contributed by atoms with Crippen molar-refractivity contribution in [2.75, 3.05) is 0 Å². The lowest BCUT2D eigenvalue weighted by Crippen LogP contribution is -2.12. The third-order valence-electron chi connectivity index (χ3n) is 10.0. The van der Waals surface area contributed by atoms with Crippen molar-refractivity contribution < 1.29 is 8.78 Å². The summed E-state index contributed by atoms with van der Waals surface area (Å²) in [6, 6.07) is 39.2. The van der Waals surface area contributed by atoms with E-state index < -0.39 is 11.6 Å². The molecule has 8 aromatic rings. The third-order valence-corrected chi connectivity index (χ3v) is 10.0. The molecular formula is C45H37F2N3. The van der Waals surface area contributed by atoms with E-state index in [9.17, 15) is 5.26 Å². The first-order valence-electron chi connectivity index (χ1n) is 17.0. The predicted octanol–water partition coefficient (Wildman–Crippen LogP) is 12.3. The fourth-order valence-corrected chi connectivity index (χ4v) is 7.44.